The van der Waals surface area contributed by atoms with Crippen molar-refractivity contribution in [3.8, 4) is 6.07 Å². The molecule has 0 amide bonds. The average Bonchev–Trinajstić information content (AvgIpc) is 1.65. The number of carboxylic acid groups (broad SMARTS) is 1. The lowest BCUT2D eigenvalue weighted by atomic mass is 10.3. The number of alkyl halides is 2. The molecule has 1 N–H and O–H groups in total. The molecule has 0 aliphatic heterocycles. The van der Waals surface area contributed by atoms with E-state index in [0.717, 1.165) is 0 Å². The number of hydrogen-bond donors (Lipinski definition) is 1. The van der Waals surface area contributed by atoms with E-state index in [2.05, 4.69) is 0 Å². The van der Waals surface area contributed by atoms with Gasteiger partial charge in [-0.25, -0.2) is 4.79 Å². The summed E-state index contributed by atoms with van der Waals surface area (Å²) in [6.45, 7) is 0. The largest absolute Gasteiger partial charge is 0.479 e. The molecule has 0 aromatic carbocycles. The number of nitrogens with zero attached hydrogens (tertiary/aromatic N) is 1. The summed E-state index contributed by atoms with van der Waals surface area (Å²) in [5.74, 6) is -1.40. The summed E-state index contributed by atoms with van der Waals surface area (Å²) in [7, 11) is 0. The molecule has 0 rings (SSSR count). The molecule has 0 atom stereocenters. The number of aliphatic carboxylic acids is 1. The number of nitriles is 1. The molecule has 9 heavy (non-hydrogen) atoms. The monoisotopic (exact) mass is 167 g/mol. The lowest BCUT2D eigenvalue weighted by Gasteiger charge is -2.06. The molecule has 0 aromatic rings. The van der Waals surface area contributed by atoms with Crippen LogP contribution in [-0.2, 0) is 4.79 Å². The molecule has 0 fully saturated rings. The second-order valence-electron chi connectivity index (χ2n) is 1.34. The average molecular weight is 168 g/mol. The number of rotatable bonds is 2. The minimum absolute atomic E-state index is 0.411. The lowest BCUT2D eigenvalue weighted by molar-refractivity contribution is -0.137. The van der Waals surface area contributed by atoms with Crippen molar-refractivity contribution < 1.29 is 9.90 Å². The van der Waals surface area contributed by atoms with E-state index < -0.39 is 16.7 Å². The fourth-order valence-corrected chi connectivity index (χ4v) is 0.294. The second-order valence-corrected chi connectivity index (χ2v) is 2.83. The molecule has 0 aromatic heterocycles. The number of carbonyl (C=O) groups is 1. The molecular weight excluding hydrogens is 165 g/mol. The van der Waals surface area contributed by atoms with Gasteiger partial charge in [-0.2, -0.15) is 5.26 Å². The molecule has 0 unspecified atom stereocenters. The third kappa shape index (κ3) is 2.54. The Kier molecular flexibility index (Phi) is 2.75. The van der Waals surface area contributed by atoms with Gasteiger partial charge >= 0.3 is 5.97 Å². The Morgan fingerprint density at radius 2 is 2.22 bits per heavy atom. The molecule has 0 radical (unpaired) electrons. The van der Waals surface area contributed by atoms with Crippen molar-refractivity contribution in [3.63, 3.8) is 0 Å². The first-order valence-corrected chi connectivity index (χ1v) is 2.74. The summed E-state index contributed by atoms with van der Waals surface area (Å²) in [6.07, 6.45) is -0.411. The first kappa shape index (κ1) is 8.54. The zero-order chi connectivity index (χ0) is 7.49. The SMILES string of the molecule is N#CCC(Cl)(Cl)C(=O)O. The van der Waals surface area contributed by atoms with Gasteiger partial charge in [0.25, 0.3) is 0 Å². The van der Waals surface area contributed by atoms with Crippen LogP contribution in [0, 0.1) is 11.3 Å². The van der Waals surface area contributed by atoms with Gasteiger partial charge in [0.05, 0.1) is 12.5 Å². The number of carboxylic acids is 1. The summed E-state index contributed by atoms with van der Waals surface area (Å²) in [6, 6.07) is 1.54. The topological polar surface area (TPSA) is 61.1 Å². The van der Waals surface area contributed by atoms with E-state index in [1.165, 1.54) is 0 Å². The molecule has 0 heterocycles. The highest BCUT2D eigenvalue weighted by molar-refractivity contribution is 6.57. The van der Waals surface area contributed by atoms with Gasteiger partial charge in [0.2, 0.25) is 4.33 Å². The maximum Gasteiger partial charge on any atom is 0.341 e. The first-order chi connectivity index (χ1) is 4.00. The second kappa shape index (κ2) is 2.90. The molecular formula is C4H3Cl2NO2. The van der Waals surface area contributed by atoms with Crippen LogP contribution in [-0.4, -0.2) is 15.4 Å². The van der Waals surface area contributed by atoms with Gasteiger partial charge in [0.1, 0.15) is 0 Å². The molecule has 0 spiro atoms. The van der Waals surface area contributed by atoms with Crippen LogP contribution in [0.4, 0.5) is 0 Å². The molecule has 0 saturated heterocycles. The van der Waals surface area contributed by atoms with Crippen molar-refractivity contribution >= 4 is 29.2 Å². The van der Waals surface area contributed by atoms with E-state index >= 15 is 0 Å². The maximum atomic E-state index is 10.00. The van der Waals surface area contributed by atoms with Crippen molar-refractivity contribution in [1.82, 2.24) is 0 Å². The standard InChI is InChI=1S/C4H3Cl2NO2/c5-4(6,1-2-7)3(8)9/h1H2,(H,8,9). The summed E-state index contributed by atoms with van der Waals surface area (Å²) in [4.78, 5) is 10.00. The molecule has 0 aliphatic rings. The van der Waals surface area contributed by atoms with Crippen LogP contribution in [0.5, 0.6) is 0 Å². The molecule has 0 bridgehead atoms. The highest BCUT2D eigenvalue weighted by Gasteiger charge is 2.32. The molecule has 3 nitrogen and oxygen atoms in total. The Morgan fingerprint density at radius 3 is 2.33 bits per heavy atom. The first-order valence-electron chi connectivity index (χ1n) is 1.99. The Bertz CT molecular complexity index is 160. The van der Waals surface area contributed by atoms with Crippen LogP contribution >= 0.6 is 23.2 Å². The fourth-order valence-electron chi connectivity index (χ4n) is 0.175. The molecule has 0 aliphatic carbocycles. The Hall–Kier alpha value is -0.460. The summed E-state index contributed by atoms with van der Waals surface area (Å²) >= 11 is 10.2. The van der Waals surface area contributed by atoms with Crippen LogP contribution < -0.4 is 0 Å². The predicted octanol–water partition coefficient (Wildman–Crippen LogP) is 1.16. The lowest BCUT2D eigenvalue weighted by Crippen LogP contribution is -2.24. The van der Waals surface area contributed by atoms with Gasteiger partial charge in [-0.1, -0.05) is 23.2 Å². The van der Waals surface area contributed by atoms with Gasteiger partial charge in [0, 0.05) is 0 Å². The van der Waals surface area contributed by atoms with E-state index in [9.17, 15) is 4.79 Å². The molecule has 5 heteroatoms. The Morgan fingerprint density at radius 1 is 1.78 bits per heavy atom. The van der Waals surface area contributed by atoms with E-state index in [1.54, 1.807) is 6.07 Å². The fraction of sp³-hybridized carbons (Fsp3) is 0.500. The Labute approximate surface area is 61.8 Å². The Balaban J connectivity index is 4.06. The van der Waals surface area contributed by atoms with E-state index in [-0.39, 0.29) is 0 Å². The zero-order valence-corrected chi connectivity index (χ0v) is 5.78. The highest BCUT2D eigenvalue weighted by Crippen LogP contribution is 2.24. The third-order valence-electron chi connectivity index (χ3n) is 0.614. The van der Waals surface area contributed by atoms with Gasteiger partial charge in [-0.15, -0.1) is 0 Å². The highest BCUT2D eigenvalue weighted by atomic mass is 35.5. The maximum absolute atomic E-state index is 10.00. The van der Waals surface area contributed by atoms with Gasteiger partial charge in [-0.05, 0) is 0 Å². The minimum Gasteiger partial charge on any atom is -0.479 e. The van der Waals surface area contributed by atoms with Crippen molar-refractivity contribution in [1.29, 1.82) is 5.26 Å². The summed E-state index contributed by atoms with van der Waals surface area (Å²) in [5, 5.41) is 16.1. The van der Waals surface area contributed by atoms with Crippen molar-refractivity contribution in [2.24, 2.45) is 0 Å². The normalized spacial score (nSPS) is 10.3. The van der Waals surface area contributed by atoms with Gasteiger partial charge in [0.15, 0.2) is 0 Å². The minimum atomic E-state index is -1.95. The van der Waals surface area contributed by atoms with Crippen LogP contribution in [0.15, 0.2) is 0 Å². The van der Waals surface area contributed by atoms with E-state index in [0.29, 0.717) is 0 Å². The zero-order valence-electron chi connectivity index (χ0n) is 4.27. The van der Waals surface area contributed by atoms with Crippen LogP contribution in [0.2, 0.25) is 0 Å². The van der Waals surface area contributed by atoms with Gasteiger partial charge < -0.3 is 5.11 Å². The van der Waals surface area contributed by atoms with E-state index in [4.69, 9.17) is 33.6 Å². The van der Waals surface area contributed by atoms with Gasteiger partial charge in [-0.3, -0.25) is 0 Å². The van der Waals surface area contributed by atoms with Crippen LogP contribution in [0.1, 0.15) is 6.42 Å². The van der Waals surface area contributed by atoms with E-state index in [1.807, 2.05) is 0 Å². The smallest absolute Gasteiger partial charge is 0.341 e. The third-order valence-corrected chi connectivity index (χ3v) is 1.20. The van der Waals surface area contributed by atoms with Crippen molar-refractivity contribution in [3.05, 3.63) is 0 Å². The number of hydrogen-bond acceptors (Lipinski definition) is 2. The van der Waals surface area contributed by atoms with Crippen molar-refractivity contribution in [2.75, 3.05) is 0 Å². The quantitative estimate of drug-likeness (QED) is 0.629. The molecule has 50 valence electrons. The predicted molar refractivity (Wildman–Crippen MR) is 32.3 cm³/mol. The molecule has 0 saturated carbocycles. The summed E-state index contributed by atoms with van der Waals surface area (Å²) < 4.78 is -1.95. The number of halogens is 2. The summed E-state index contributed by atoms with van der Waals surface area (Å²) in [5.41, 5.74) is 0. The van der Waals surface area contributed by atoms with Crippen LogP contribution in [0.3, 0.4) is 0 Å². The van der Waals surface area contributed by atoms with Crippen molar-refractivity contribution in [2.45, 2.75) is 10.8 Å². The van der Waals surface area contributed by atoms with Crippen LogP contribution in [0.25, 0.3) is 0 Å².